The Morgan fingerprint density at radius 2 is 2.04 bits per heavy atom. The van der Waals surface area contributed by atoms with Gasteiger partial charge in [0.2, 0.25) is 5.91 Å². The maximum absolute atomic E-state index is 11.5. The number of primary amides is 1. The average molecular weight is 374 g/mol. The molecule has 1 saturated heterocycles. The Morgan fingerprint density at radius 1 is 1.25 bits per heavy atom. The van der Waals surface area contributed by atoms with Crippen LogP contribution in [0, 0.1) is 22.7 Å². The molecule has 0 bridgehead atoms. The number of nitrogens with zero attached hydrogens (tertiary/aromatic N) is 3. The third-order valence-corrected chi connectivity index (χ3v) is 4.93. The van der Waals surface area contributed by atoms with Gasteiger partial charge in [0.1, 0.15) is 12.1 Å². The van der Waals surface area contributed by atoms with Crippen molar-refractivity contribution in [3.8, 4) is 23.3 Å². The van der Waals surface area contributed by atoms with E-state index in [0.29, 0.717) is 31.7 Å². The summed E-state index contributed by atoms with van der Waals surface area (Å²) in [4.78, 5) is 13.5. The Morgan fingerprint density at radius 3 is 2.71 bits per heavy atom. The number of rotatable bonds is 5. The summed E-state index contributed by atoms with van der Waals surface area (Å²) in [6, 6.07) is 19.6. The molecule has 3 rings (SSSR count). The van der Waals surface area contributed by atoms with Gasteiger partial charge in [-0.3, -0.25) is 9.69 Å². The van der Waals surface area contributed by atoms with Crippen molar-refractivity contribution in [3.63, 3.8) is 0 Å². The minimum Gasteiger partial charge on any atom is -0.367 e. The molecule has 1 aliphatic heterocycles. The molecule has 0 unspecified atom stereocenters. The summed E-state index contributed by atoms with van der Waals surface area (Å²) in [6.07, 6.45) is 0.498. The van der Waals surface area contributed by atoms with Gasteiger partial charge in [0, 0.05) is 26.1 Å². The molecule has 28 heavy (non-hydrogen) atoms. The predicted octanol–water partition coefficient (Wildman–Crippen LogP) is 2.24. The third kappa shape index (κ3) is 4.55. The van der Waals surface area contributed by atoms with Crippen LogP contribution in [0.5, 0.6) is 0 Å². The molecule has 2 atom stereocenters. The molecule has 142 valence electrons. The normalized spacial score (nSPS) is 18.4. The van der Waals surface area contributed by atoms with Crippen molar-refractivity contribution in [1.82, 2.24) is 4.90 Å². The fourth-order valence-electron chi connectivity index (χ4n) is 3.47. The Kier molecular flexibility index (Phi) is 6.39. The summed E-state index contributed by atoms with van der Waals surface area (Å²) in [5.74, 6) is -0.512. The lowest BCUT2D eigenvalue weighted by Gasteiger charge is -2.27. The van der Waals surface area contributed by atoms with Crippen molar-refractivity contribution in [3.05, 3.63) is 59.7 Å². The number of nitriles is 2. The van der Waals surface area contributed by atoms with Crippen LogP contribution in [0.2, 0.25) is 0 Å². The minimum atomic E-state index is -0.700. The minimum absolute atomic E-state index is 0.306. The third-order valence-electron chi connectivity index (χ3n) is 4.93. The maximum Gasteiger partial charge on any atom is 0.247 e. The van der Waals surface area contributed by atoms with Crippen LogP contribution in [0.1, 0.15) is 17.5 Å². The van der Waals surface area contributed by atoms with Crippen molar-refractivity contribution in [2.75, 3.05) is 19.7 Å². The van der Waals surface area contributed by atoms with E-state index in [-0.39, 0.29) is 0 Å². The van der Waals surface area contributed by atoms with Crippen LogP contribution in [0.15, 0.2) is 48.5 Å². The van der Waals surface area contributed by atoms with Crippen molar-refractivity contribution in [2.24, 2.45) is 5.73 Å². The highest BCUT2D eigenvalue weighted by Crippen LogP contribution is 2.25. The Balaban J connectivity index is 1.80. The molecule has 2 N–H and O–H groups in total. The van der Waals surface area contributed by atoms with Crippen molar-refractivity contribution in [1.29, 1.82) is 10.5 Å². The Hall–Kier alpha value is -3.19. The smallest absolute Gasteiger partial charge is 0.247 e. The molecule has 0 radical (unpaired) electrons. The van der Waals surface area contributed by atoms with E-state index >= 15 is 0 Å². The lowest BCUT2D eigenvalue weighted by molar-refractivity contribution is -0.129. The van der Waals surface area contributed by atoms with E-state index in [0.717, 1.165) is 23.1 Å². The van der Waals surface area contributed by atoms with E-state index in [9.17, 15) is 15.3 Å². The van der Waals surface area contributed by atoms with Crippen molar-refractivity contribution in [2.45, 2.75) is 25.0 Å². The van der Waals surface area contributed by atoms with Gasteiger partial charge < -0.3 is 10.5 Å². The summed E-state index contributed by atoms with van der Waals surface area (Å²) in [5, 5.41) is 19.3. The number of ether oxygens (including phenoxy) is 1. The van der Waals surface area contributed by atoms with E-state index in [1.165, 1.54) is 0 Å². The van der Waals surface area contributed by atoms with Gasteiger partial charge in [0.25, 0.3) is 0 Å². The van der Waals surface area contributed by atoms with Crippen LogP contribution >= 0.6 is 0 Å². The monoisotopic (exact) mass is 374 g/mol. The van der Waals surface area contributed by atoms with Gasteiger partial charge in [0.15, 0.2) is 0 Å². The molecule has 0 aliphatic carbocycles. The standard InChI is InChI=1S/C22H22N4O2/c23-13-18-11-16(7-8-20(18)17-5-2-1-3-6-17)12-19(14-24)26-9-4-10-28-21(15-26)22(25)27/h1-3,5-8,11,19,21H,4,9-10,12,15H2,(H2,25,27)/t19-,21-/m0/s1. The summed E-state index contributed by atoms with van der Waals surface area (Å²) in [6.45, 7) is 1.42. The Labute approximate surface area is 164 Å². The molecule has 1 amide bonds. The first-order valence-corrected chi connectivity index (χ1v) is 9.25. The van der Waals surface area contributed by atoms with Gasteiger partial charge in [-0.25, -0.2) is 0 Å². The van der Waals surface area contributed by atoms with Gasteiger partial charge in [0.05, 0.1) is 17.7 Å². The highest BCUT2D eigenvalue weighted by atomic mass is 16.5. The van der Waals surface area contributed by atoms with Gasteiger partial charge in [-0.05, 0) is 29.2 Å². The molecule has 0 aromatic heterocycles. The zero-order valence-electron chi connectivity index (χ0n) is 15.5. The molecule has 1 heterocycles. The maximum atomic E-state index is 11.5. The first kappa shape index (κ1) is 19.6. The van der Waals surface area contributed by atoms with Crippen LogP contribution in [0.25, 0.3) is 11.1 Å². The average Bonchev–Trinajstić information content (AvgIpc) is 2.99. The number of hydrogen-bond acceptors (Lipinski definition) is 5. The molecular weight excluding hydrogens is 352 g/mol. The van der Waals surface area contributed by atoms with Gasteiger partial charge in [-0.1, -0.05) is 42.5 Å². The summed E-state index contributed by atoms with van der Waals surface area (Å²) < 4.78 is 5.47. The van der Waals surface area contributed by atoms with Crippen LogP contribution in [0.4, 0.5) is 0 Å². The second-order valence-corrected chi connectivity index (χ2v) is 6.82. The van der Waals surface area contributed by atoms with Crippen LogP contribution in [-0.2, 0) is 16.0 Å². The number of carbonyl (C=O) groups is 1. The van der Waals surface area contributed by atoms with Crippen LogP contribution < -0.4 is 5.73 Å². The van der Waals surface area contributed by atoms with Crippen LogP contribution in [-0.4, -0.2) is 42.6 Å². The number of carbonyl (C=O) groups excluding carboxylic acids is 1. The van der Waals surface area contributed by atoms with E-state index in [1.54, 1.807) is 0 Å². The first-order chi connectivity index (χ1) is 13.6. The van der Waals surface area contributed by atoms with E-state index in [4.69, 9.17) is 10.5 Å². The second-order valence-electron chi connectivity index (χ2n) is 6.82. The molecule has 2 aromatic carbocycles. The van der Waals surface area contributed by atoms with E-state index in [1.807, 2.05) is 53.4 Å². The second kappa shape index (κ2) is 9.14. The fourth-order valence-corrected chi connectivity index (χ4v) is 3.47. The molecule has 6 heteroatoms. The van der Waals surface area contributed by atoms with Crippen molar-refractivity contribution < 1.29 is 9.53 Å². The number of benzene rings is 2. The SMILES string of the molecule is N#Cc1cc(C[C@@H](C#N)N2CCCO[C@H](C(N)=O)C2)ccc1-c1ccccc1. The topological polar surface area (TPSA) is 103 Å². The molecule has 1 fully saturated rings. The quantitative estimate of drug-likeness (QED) is 0.864. The number of nitrogens with two attached hydrogens (primary N) is 1. The molecule has 2 aromatic rings. The fraction of sp³-hybridized carbons (Fsp3) is 0.318. The molecule has 1 aliphatic rings. The molecule has 6 nitrogen and oxygen atoms in total. The summed E-state index contributed by atoms with van der Waals surface area (Å²) >= 11 is 0. The van der Waals surface area contributed by atoms with Gasteiger partial charge >= 0.3 is 0 Å². The zero-order valence-corrected chi connectivity index (χ0v) is 15.5. The predicted molar refractivity (Wildman–Crippen MR) is 105 cm³/mol. The number of amides is 1. The highest BCUT2D eigenvalue weighted by molar-refractivity contribution is 5.79. The van der Waals surface area contributed by atoms with Gasteiger partial charge in [-0.15, -0.1) is 0 Å². The zero-order chi connectivity index (χ0) is 19.9. The van der Waals surface area contributed by atoms with E-state index in [2.05, 4.69) is 12.1 Å². The van der Waals surface area contributed by atoms with Crippen LogP contribution in [0.3, 0.4) is 0 Å². The number of hydrogen-bond donors (Lipinski definition) is 1. The lowest BCUT2D eigenvalue weighted by Crippen LogP contribution is -2.44. The molecule has 0 spiro atoms. The summed E-state index contributed by atoms with van der Waals surface area (Å²) in [5.41, 5.74) is 8.73. The largest absolute Gasteiger partial charge is 0.367 e. The van der Waals surface area contributed by atoms with Gasteiger partial charge in [-0.2, -0.15) is 10.5 Å². The summed E-state index contributed by atoms with van der Waals surface area (Å²) in [7, 11) is 0. The lowest BCUT2D eigenvalue weighted by atomic mass is 9.95. The van der Waals surface area contributed by atoms with Crippen molar-refractivity contribution >= 4 is 5.91 Å². The molecular formula is C22H22N4O2. The Bertz CT molecular complexity index is 914. The highest BCUT2D eigenvalue weighted by Gasteiger charge is 2.28. The molecule has 0 saturated carbocycles. The first-order valence-electron chi connectivity index (χ1n) is 9.25. The van der Waals surface area contributed by atoms with E-state index < -0.39 is 18.1 Å².